The molecule has 0 saturated heterocycles. The van der Waals surface area contributed by atoms with Crippen molar-refractivity contribution in [2.45, 2.75) is 20.0 Å². The topological polar surface area (TPSA) is 80.2 Å². The first-order valence-corrected chi connectivity index (χ1v) is 9.14. The van der Waals surface area contributed by atoms with Gasteiger partial charge in [-0.1, -0.05) is 47.5 Å². The molecule has 1 unspecified atom stereocenters. The zero-order valence-electron chi connectivity index (χ0n) is 16.0. The van der Waals surface area contributed by atoms with Crippen LogP contribution in [0.2, 0.25) is 0 Å². The number of aromatic nitrogens is 2. The first kappa shape index (κ1) is 18.4. The van der Waals surface area contributed by atoms with Crippen LogP contribution >= 0.6 is 0 Å². The van der Waals surface area contributed by atoms with Crippen molar-refractivity contribution in [2.75, 3.05) is 5.32 Å². The number of hydrogen-bond donors (Lipinski definition) is 2. The second-order valence-electron chi connectivity index (χ2n) is 6.68. The number of carbonyl (C=O) groups excluding carboxylic acids is 1. The van der Waals surface area contributed by atoms with Gasteiger partial charge in [0.15, 0.2) is 0 Å². The molecule has 0 aliphatic heterocycles. The zero-order chi connectivity index (χ0) is 20.4. The van der Waals surface area contributed by atoms with Gasteiger partial charge in [-0.15, -0.1) is 6.42 Å². The number of carbonyl (C=O) groups is 1. The van der Waals surface area contributed by atoms with Crippen molar-refractivity contribution in [3.05, 3.63) is 71.4 Å². The maximum atomic E-state index is 12.5. The molecule has 1 atom stereocenters. The number of anilines is 1. The zero-order valence-corrected chi connectivity index (χ0v) is 16.0. The van der Waals surface area contributed by atoms with E-state index in [1.807, 2.05) is 61.5 Å². The van der Waals surface area contributed by atoms with Crippen molar-refractivity contribution in [3.8, 4) is 23.8 Å². The minimum absolute atomic E-state index is 0.393. The molecule has 2 aromatic carbocycles. The van der Waals surface area contributed by atoms with E-state index in [-0.39, 0.29) is 0 Å². The van der Waals surface area contributed by atoms with Gasteiger partial charge < -0.3 is 14.2 Å². The van der Waals surface area contributed by atoms with E-state index in [0.717, 1.165) is 22.0 Å². The van der Waals surface area contributed by atoms with Crippen LogP contribution in [0.1, 0.15) is 29.8 Å². The van der Waals surface area contributed by atoms with Gasteiger partial charge in [0.2, 0.25) is 5.76 Å². The van der Waals surface area contributed by atoms with Crippen LogP contribution in [0.5, 0.6) is 0 Å². The molecule has 0 aliphatic carbocycles. The van der Waals surface area contributed by atoms with E-state index in [4.69, 9.17) is 15.7 Å². The van der Waals surface area contributed by atoms with Gasteiger partial charge in [-0.2, -0.15) is 0 Å². The van der Waals surface area contributed by atoms with Crippen LogP contribution in [0.4, 0.5) is 10.5 Å². The highest BCUT2D eigenvalue weighted by atomic mass is 16.6. The summed E-state index contributed by atoms with van der Waals surface area (Å²) in [5.74, 6) is 3.03. The summed E-state index contributed by atoms with van der Waals surface area (Å²) in [6.45, 7) is 3.57. The van der Waals surface area contributed by atoms with Gasteiger partial charge in [-0.05, 0) is 37.6 Å². The molecular formula is C23H19N3O3. The average molecular weight is 385 g/mol. The van der Waals surface area contributed by atoms with E-state index in [0.29, 0.717) is 22.8 Å². The molecule has 6 heteroatoms. The summed E-state index contributed by atoms with van der Waals surface area (Å²) in [7, 11) is 0. The van der Waals surface area contributed by atoms with Crippen molar-refractivity contribution < 1.29 is 14.1 Å². The van der Waals surface area contributed by atoms with Crippen molar-refractivity contribution in [1.29, 1.82) is 0 Å². The summed E-state index contributed by atoms with van der Waals surface area (Å²) >= 11 is 0. The van der Waals surface area contributed by atoms with E-state index < -0.39 is 12.2 Å². The number of aromatic amines is 1. The molecule has 1 amide bonds. The Hall–Kier alpha value is -3.98. The fraction of sp³-hybridized carbons (Fsp3) is 0.130. The Labute approximate surface area is 167 Å². The normalized spacial score (nSPS) is 11.8. The molecular weight excluding hydrogens is 366 g/mol. The molecule has 4 aromatic rings. The lowest BCUT2D eigenvalue weighted by Gasteiger charge is -2.14. The smallest absolute Gasteiger partial charge is 0.412 e. The molecule has 0 saturated carbocycles. The number of H-pyrrole nitrogens is 1. The molecule has 29 heavy (non-hydrogen) atoms. The standard InChI is InChI=1S/C23H19N3O3/c1-4-16-10-11-18-13-20(24-19(18)12-16)22-21(14(2)26-29-22)25-23(27)28-15(3)17-8-6-5-7-9-17/h1,5-13,15,24H,2-3H3,(H,25,27). The molecule has 2 N–H and O–H groups in total. The highest BCUT2D eigenvalue weighted by Gasteiger charge is 2.21. The Morgan fingerprint density at radius 2 is 2.03 bits per heavy atom. The summed E-state index contributed by atoms with van der Waals surface area (Å²) < 4.78 is 11.0. The van der Waals surface area contributed by atoms with Crippen molar-refractivity contribution in [2.24, 2.45) is 0 Å². The molecule has 2 aromatic heterocycles. The van der Waals surface area contributed by atoms with Crippen molar-refractivity contribution >= 4 is 22.7 Å². The van der Waals surface area contributed by atoms with Crippen molar-refractivity contribution in [3.63, 3.8) is 0 Å². The van der Waals surface area contributed by atoms with Gasteiger partial charge in [-0.3, -0.25) is 5.32 Å². The second kappa shape index (κ2) is 7.56. The van der Waals surface area contributed by atoms with E-state index in [1.54, 1.807) is 6.92 Å². The highest BCUT2D eigenvalue weighted by Crippen LogP contribution is 2.33. The van der Waals surface area contributed by atoms with Crippen LogP contribution in [0.15, 0.2) is 59.1 Å². The maximum Gasteiger partial charge on any atom is 0.412 e. The van der Waals surface area contributed by atoms with Crippen LogP contribution in [0, 0.1) is 19.3 Å². The summed E-state index contributed by atoms with van der Waals surface area (Å²) in [6, 6.07) is 17.1. The van der Waals surface area contributed by atoms with Crippen LogP contribution in [0.25, 0.3) is 22.4 Å². The first-order chi connectivity index (χ1) is 14.0. The third kappa shape index (κ3) is 3.71. The number of hydrogen-bond acceptors (Lipinski definition) is 4. The Morgan fingerprint density at radius 3 is 2.79 bits per heavy atom. The second-order valence-corrected chi connectivity index (χ2v) is 6.68. The quantitative estimate of drug-likeness (QED) is 0.460. The van der Waals surface area contributed by atoms with Gasteiger partial charge in [0.05, 0.1) is 5.69 Å². The van der Waals surface area contributed by atoms with E-state index in [2.05, 4.69) is 21.4 Å². The van der Waals surface area contributed by atoms with Gasteiger partial charge in [0.1, 0.15) is 17.5 Å². The Kier molecular flexibility index (Phi) is 4.80. The monoisotopic (exact) mass is 385 g/mol. The Balaban J connectivity index is 1.58. The third-order valence-electron chi connectivity index (χ3n) is 4.68. The largest absolute Gasteiger partial charge is 0.441 e. The predicted octanol–water partition coefficient (Wildman–Crippen LogP) is 5.42. The van der Waals surface area contributed by atoms with E-state index in [1.165, 1.54) is 0 Å². The molecule has 0 radical (unpaired) electrons. The molecule has 6 nitrogen and oxygen atoms in total. The number of nitrogens with zero attached hydrogens (tertiary/aromatic N) is 1. The van der Waals surface area contributed by atoms with Gasteiger partial charge in [0.25, 0.3) is 0 Å². The predicted molar refractivity (Wildman–Crippen MR) is 111 cm³/mol. The van der Waals surface area contributed by atoms with Gasteiger partial charge >= 0.3 is 6.09 Å². The molecule has 4 rings (SSSR count). The number of benzene rings is 2. The number of ether oxygens (including phenoxy) is 1. The lowest BCUT2D eigenvalue weighted by Crippen LogP contribution is -2.16. The molecule has 2 heterocycles. The Morgan fingerprint density at radius 1 is 1.24 bits per heavy atom. The molecule has 0 fully saturated rings. The third-order valence-corrected chi connectivity index (χ3v) is 4.68. The summed E-state index contributed by atoms with van der Waals surface area (Å²) in [4.78, 5) is 15.7. The lowest BCUT2D eigenvalue weighted by atomic mass is 10.1. The van der Waals surface area contributed by atoms with Crippen LogP contribution in [0.3, 0.4) is 0 Å². The van der Waals surface area contributed by atoms with Crippen LogP contribution in [-0.2, 0) is 4.74 Å². The number of nitrogens with one attached hydrogen (secondary N) is 2. The first-order valence-electron chi connectivity index (χ1n) is 9.14. The molecule has 144 valence electrons. The van der Waals surface area contributed by atoms with E-state index >= 15 is 0 Å². The summed E-state index contributed by atoms with van der Waals surface area (Å²) in [6.07, 6.45) is 4.49. The summed E-state index contributed by atoms with van der Waals surface area (Å²) in [5, 5.41) is 7.72. The lowest BCUT2D eigenvalue weighted by molar-refractivity contribution is 0.121. The average Bonchev–Trinajstić information content (AvgIpc) is 3.31. The number of amides is 1. The van der Waals surface area contributed by atoms with Gasteiger partial charge in [-0.25, -0.2) is 4.79 Å². The number of terminal acetylenes is 1. The number of aryl methyl sites for hydroxylation is 1. The fourth-order valence-electron chi connectivity index (χ4n) is 3.12. The fourth-order valence-corrected chi connectivity index (χ4v) is 3.12. The SMILES string of the molecule is C#Cc1ccc2cc(-c3onc(C)c3NC(=O)OC(C)c3ccccc3)[nH]c2c1. The van der Waals surface area contributed by atoms with Crippen molar-refractivity contribution in [1.82, 2.24) is 10.1 Å². The molecule has 0 bridgehead atoms. The maximum absolute atomic E-state index is 12.5. The van der Waals surface area contributed by atoms with E-state index in [9.17, 15) is 4.79 Å². The Bertz CT molecular complexity index is 1220. The minimum Gasteiger partial charge on any atom is -0.441 e. The van der Waals surface area contributed by atoms with Crippen LogP contribution in [-0.4, -0.2) is 16.2 Å². The number of fused-ring (bicyclic) bond motifs is 1. The summed E-state index contributed by atoms with van der Waals surface area (Å²) in [5.41, 5.74) is 4.24. The number of rotatable bonds is 4. The molecule has 0 spiro atoms. The van der Waals surface area contributed by atoms with Crippen LogP contribution < -0.4 is 5.32 Å². The highest BCUT2D eigenvalue weighted by molar-refractivity contribution is 5.93. The van der Waals surface area contributed by atoms with Gasteiger partial charge in [0, 0.05) is 16.5 Å². The minimum atomic E-state index is -0.584. The molecule has 0 aliphatic rings.